The van der Waals surface area contributed by atoms with Crippen LogP contribution in [0.15, 0.2) is 154 Å². The fourth-order valence-electron chi connectivity index (χ4n) is 5.01. The standard InChI is InChI=1S/C40H52/c1-31(19-13-21-33(3)25-27-37-35(5)23-15-29-39(37,7)8)17-11-12-18-32(2)20-14-22-34(4)26-28-38-36(6)24-16-30-40(38,9)10/h11-28H,29-30H2,1-10H3. The first-order valence-corrected chi connectivity index (χ1v) is 14.7. The van der Waals surface area contributed by atoms with Crippen LogP contribution in [-0.4, -0.2) is 0 Å². The molecule has 0 saturated heterocycles. The molecule has 40 heavy (non-hydrogen) atoms. The van der Waals surface area contributed by atoms with Crippen LogP contribution in [0.25, 0.3) is 0 Å². The Balaban J connectivity index is 1.90. The molecule has 0 heteroatoms. The third-order valence-electron chi connectivity index (χ3n) is 7.59. The zero-order valence-corrected chi connectivity index (χ0v) is 26.8. The summed E-state index contributed by atoms with van der Waals surface area (Å²) in [4.78, 5) is 0. The Labute approximate surface area is 246 Å². The summed E-state index contributed by atoms with van der Waals surface area (Å²) in [6, 6.07) is 0. The van der Waals surface area contributed by atoms with Gasteiger partial charge < -0.3 is 0 Å². The average Bonchev–Trinajstić information content (AvgIpc) is 2.85. The molecule has 0 aromatic heterocycles. The van der Waals surface area contributed by atoms with Crippen LogP contribution in [-0.2, 0) is 0 Å². The van der Waals surface area contributed by atoms with Gasteiger partial charge in [-0.15, -0.1) is 0 Å². The Hall–Kier alpha value is -3.38. The van der Waals surface area contributed by atoms with Crippen molar-refractivity contribution in [2.45, 2.75) is 82.1 Å². The van der Waals surface area contributed by atoms with Gasteiger partial charge >= 0.3 is 0 Å². The van der Waals surface area contributed by atoms with Crippen molar-refractivity contribution in [1.29, 1.82) is 0 Å². The molecule has 2 aliphatic carbocycles. The molecule has 0 radical (unpaired) electrons. The monoisotopic (exact) mass is 532 g/mol. The fourth-order valence-corrected chi connectivity index (χ4v) is 5.01. The van der Waals surface area contributed by atoms with Crippen molar-refractivity contribution >= 4 is 0 Å². The highest BCUT2D eigenvalue weighted by molar-refractivity contribution is 5.43. The smallest absolute Gasteiger partial charge is 0.00664 e. The van der Waals surface area contributed by atoms with Gasteiger partial charge in [0, 0.05) is 0 Å². The molecule has 0 bridgehead atoms. The third kappa shape index (κ3) is 11.0. The maximum Gasteiger partial charge on any atom is -0.00664 e. The lowest BCUT2D eigenvalue weighted by atomic mass is 9.75. The summed E-state index contributed by atoms with van der Waals surface area (Å²) in [5.74, 6) is 0. The average molecular weight is 533 g/mol. The van der Waals surface area contributed by atoms with E-state index >= 15 is 0 Å². The minimum Gasteiger partial charge on any atom is -0.0834 e. The lowest BCUT2D eigenvalue weighted by molar-refractivity contribution is 0.455. The first kappa shape index (κ1) is 32.8. The normalized spacial score (nSPS) is 21.1. The predicted octanol–water partition coefficient (Wildman–Crippen LogP) is 12.2. The molecule has 0 spiro atoms. The van der Waals surface area contributed by atoms with Crippen molar-refractivity contribution in [3.8, 4) is 0 Å². The topological polar surface area (TPSA) is 0 Å². The fraction of sp³-hybridized carbons (Fsp3) is 0.350. The Morgan fingerprint density at radius 2 is 0.850 bits per heavy atom. The number of rotatable bonds is 10. The molecule has 0 aromatic carbocycles. The first-order chi connectivity index (χ1) is 18.8. The molecule has 0 nitrogen and oxygen atoms in total. The second-order valence-corrected chi connectivity index (χ2v) is 12.6. The van der Waals surface area contributed by atoms with Gasteiger partial charge in [0.2, 0.25) is 0 Å². The van der Waals surface area contributed by atoms with Gasteiger partial charge in [-0.2, -0.15) is 0 Å². The van der Waals surface area contributed by atoms with Gasteiger partial charge in [0.05, 0.1) is 0 Å². The molecule has 0 N–H and O–H groups in total. The van der Waals surface area contributed by atoms with Crippen LogP contribution in [0.4, 0.5) is 0 Å². The second-order valence-electron chi connectivity index (χ2n) is 12.6. The van der Waals surface area contributed by atoms with Crippen LogP contribution in [0, 0.1) is 10.8 Å². The van der Waals surface area contributed by atoms with E-state index in [1.807, 2.05) is 0 Å². The minimum absolute atomic E-state index is 0.203. The van der Waals surface area contributed by atoms with Gasteiger partial charge in [0.25, 0.3) is 0 Å². The summed E-state index contributed by atoms with van der Waals surface area (Å²) in [6.45, 7) is 22.3. The molecule has 2 aliphatic rings. The van der Waals surface area contributed by atoms with Crippen molar-refractivity contribution in [2.24, 2.45) is 10.8 Å². The maximum atomic E-state index is 2.32. The van der Waals surface area contributed by atoms with Crippen LogP contribution in [0.1, 0.15) is 82.1 Å². The van der Waals surface area contributed by atoms with Crippen molar-refractivity contribution in [3.05, 3.63) is 154 Å². The van der Waals surface area contributed by atoms with Crippen LogP contribution < -0.4 is 0 Å². The Morgan fingerprint density at radius 1 is 0.525 bits per heavy atom. The van der Waals surface area contributed by atoms with Gasteiger partial charge in [-0.1, -0.05) is 159 Å². The highest BCUT2D eigenvalue weighted by Crippen LogP contribution is 2.38. The molecule has 0 amide bonds. The van der Waals surface area contributed by atoms with Crippen molar-refractivity contribution in [2.75, 3.05) is 0 Å². The Bertz CT molecular complexity index is 1200. The summed E-state index contributed by atoms with van der Waals surface area (Å²) < 4.78 is 0. The van der Waals surface area contributed by atoms with Gasteiger partial charge in [-0.25, -0.2) is 0 Å². The SMILES string of the molecule is CC(C=CC=C(C)C=CC1=C(C)C=CCC1(C)C)=CC=CC=C(C)C=CC=C(C)C=CC1=C(C)C=CCC1(C)C. The lowest BCUT2D eigenvalue weighted by Gasteiger charge is -2.29. The van der Waals surface area contributed by atoms with E-state index in [0.29, 0.717) is 0 Å². The van der Waals surface area contributed by atoms with Gasteiger partial charge in [0.15, 0.2) is 0 Å². The molecule has 0 aliphatic heterocycles. The molecule has 0 atom stereocenters. The van der Waals surface area contributed by atoms with Crippen LogP contribution >= 0.6 is 0 Å². The van der Waals surface area contributed by atoms with Crippen molar-refractivity contribution in [3.63, 3.8) is 0 Å². The molecule has 0 aromatic rings. The predicted molar refractivity (Wildman–Crippen MR) is 181 cm³/mol. The summed E-state index contributed by atoms with van der Waals surface area (Å²) in [5, 5.41) is 0. The van der Waals surface area contributed by atoms with Crippen LogP contribution in [0.5, 0.6) is 0 Å². The Kier molecular flexibility index (Phi) is 12.7. The third-order valence-corrected chi connectivity index (χ3v) is 7.59. The number of hydrogen-bond donors (Lipinski definition) is 0. The van der Waals surface area contributed by atoms with Gasteiger partial charge in [0.1, 0.15) is 0 Å². The van der Waals surface area contributed by atoms with Gasteiger partial charge in [-0.3, -0.25) is 0 Å². The zero-order valence-electron chi connectivity index (χ0n) is 26.8. The van der Waals surface area contributed by atoms with E-state index < -0.39 is 0 Å². The number of allylic oxidation sites excluding steroid dienone is 26. The molecule has 2 rings (SSSR count). The summed E-state index contributed by atoms with van der Waals surface area (Å²) in [5.41, 5.74) is 10.9. The summed E-state index contributed by atoms with van der Waals surface area (Å²) in [6.07, 6.45) is 41.6. The molecule has 0 saturated carbocycles. The van der Waals surface area contributed by atoms with E-state index in [-0.39, 0.29) is 10.8 Å². The molecule has 212 valence electrons. The van der Waals surface area contributed by atoms with E-state index in [0.717, 1.165) is 12.8 Å². The first-order valence-electron chi connectivity index (χ1n) is 14.7. The van der Waals surface area contributed by atoms with Gasteiger partial charge in [-0.05, 0) is 87.5 Å². The molecular formula is C40H52. The van der Waals surface area contributed by atoms with Crippen LogP contribution in [0.3, 0.4) is 0 Å². The summed E-state index contributed by atoms with van der Waals surface area (Å²) in [7, 11) is 0. The molecular weight excluding hydrogens is 480 g/mol. The zero-order chi connectivity index (χ0) is 29.8. The Morgan fingerprint density at radius 3 is 1.20 bits per heavy atom. The molecule has 0 fully saturated rings. The van der Waals surface area contributed by atoms with E-state index in [2.05, 4.69) is 179 Å². The summed E-state index contributed by atoms with van der Waals surface area (Å²) >= 11 is 0. The van der Waals surface area contributed by atoms with E-state index in [1.54, 1.807) is 0 Å². The molecule has 0 heterocycles. The quantitative estimate of drug-likeness (QED) is 0.245. The minimum atomic E-state index is 0.203. The highest BCUT2D eigenvalue weighted by Gasteiger charge is 2.24. The maximum absolute atomic E-state index is 2.32. The molecule has 0 unspecified atom stereocenters. The lowest BCUT2D eigenvalue weighted by Crippen LogP contribution is -2.16. The van der Waals surface area contributed by atoms with Crippen LogP contribution in [0.2, 0.25) is 0 Å². The largest absolute Gasteiger partial charge is 0.0834 e. The van der Waals surface area contributed by atoms with E-state index in [1.165, 1.54) is 44.6 Å². The van der Waals surface area contributed by atoms with E-state index in [9.17, 15) is 0 Å². The second kappa shape index (κ2) is 15.4. The highest BCUT2D eigenvalue weighted by atomic mass is 14.3. The van der Waals surface area contributed by atoms with Crippen molar-refractivity contribution in [1.82, 2.24) is 0 Å². The number of hydrogen-bond acceptors (Lipinski definition) is 0. The van der Waals surface area contributed by atoms with E-state index in [4.69, 9.17) is 0 Å². The van der Waals surface area contributed by atoms with Crippen molar-refractivity contribution < 1.29 is 0 Å².